The molecular weight excluding hydrogens is 144 g/mol. The zero-order chi connectivity index (χ0) is 7.66. The first-order chi connectivity index (χ1) is 4.91. The summed E-state index contributed by atoms with van der Waals surface area (Å²) < 4.78 is 0. The summed E-state index contributed by atoms with van der Waals surface area (Å²) in [7, 11) is 0. The number of hydrogen-bond acceptors (Lipinski definition) is 2. The molecule has 2 heteroatoms. The molecule has 0 aliphatic carbocycles. The number of hydrogen-bond donors (Lipinski definition) is 1. The quantitative estimate of drug-likeness (QED) is 0.580. The lowest BCUT2D eigenvalue weighted by molar-refractivity contribution is 0.284. The summed E-state index contributed by atoms with van der Waals surface area (Å²) >= 11 is 2.02. The maximum Gasteiger partial charge on any atom is 0.0431 e. The molecule has 0 saturated heterocycles. The summed E-state index contributed by atoms with van der Waals surface area (Å²) in [6.07, 6.45) is 4.72. The van der Waals surface area contributed by atoms with Crippen LogP contribution in [-0.2, 0) is 0 Å². The number of unbranched alkanes of at least 4 members (excludes halogenated alkanes) is 2. The van der Waals surface area contributed by atoms with Gasteiger partial charge in [0, 0.05) is 6.61 Å². The Morgan fingerprint density at radius 3 is 2.50 bits per heavy atom. The molecule has 0 heterocycles. The van der Waals surface area contributed by atoms with Gasteiger partial charge in [-0.25, -0.2) is 0 Å². The van der Waals surface area contributed by atoms with Crippen molar-refractivity contribution < 1.29 is 5.11 Å². The molecule has 0 aliphatic heterocycles. The molecule has 0 radical (unpaired) electrons. The lowest BCUT2D eigenvalue weighted by Crippen LogP contribution is -1.86. The number of aliphatic hydroxyl groups is 1. The van der Waals surface area contributed by atoms with E-state index in [-0.39, 0.29) is 0 Å². The van der Waals surface area contributed by atoms with E-state index in [1.807, 2.05) is 11.8 Å². The normalized spacial score (nSPS) is 10.2. The third-order valence-corrected chi connectivity index (χ3v) is 2.57. The van der Waals surface area contributed by atoms with Crippen LogP contribution in [0.1, 0.15) is 32.6 Å². The van der Waals surface area contributed by atoms with Crippen LogP contribution in [0.15, 0.2) is 0 Å². The lowest BCUT2D eigenvalue weighted by Gasteiger charge is -1.97. The third kappa shape index (κ3) is 8.31. The highest BCUT2D eigenvalue weighted by Gasteiger charge is 1.88. The Labute approximate surface area is 68.2 Å². The molecule has 1 nitrogen and oxygen atoms in total. The van der Waals surface area contributed by atoms with Gasteiger partial charge in [-0.2, -0.15) is 11.8 Å². The maximum absolute atomic E-state index is 8.46. The van der Waals surface area contributed by atoms with Crippen LogP contribution in [0.25, 0.3) is 0 Å². The fraction of sp³-hybridized carbons (Fsp3) is 1.00. The molecule has 0 spiro atoms. The Morgan fingerprint density at radius 1 is 1.10 bits per heavy atom. The molecule has 0 aliphatic rings. The van der Waals surface area contributed by atoms with Crippen LogP contribution in [0.3, 0.4) is 0 Å². The van der Waals surface area contributed by atoms with Crippen molar-refractivity contribution in [2.45, 2.75) is 32.6 Å². The van der Waals surface area contributed by atoms with Crippen molar-refractivity contribution in [2.75, 3.05) is 18.1 Å². The van der Waals surface area contributed by atoms with Gasteiger partial charge in [0.15, 0.2) is 0 Å². The van der Waals surface area contributed by atoms with Gasteiger partial charge < -0.3 is 5.11 Å². The third-order valence-electron chi connectivity index (χ3n) is 1.30. The van der Waals surface area contributed by atoms with Crippen LogP contribution in [-0.4, -0.2) is 23.2 Å². The Kier molecular flexibility index (Phi) is 9.60. The average Bonchev–Trinajstić information content (AvgIpc) is 1.97. The Bertz CT molecular complexity index is 49.2. The zero-order valence-corrected chi connectivity index (χ0v) is 7.62. The first kappa shape index (κ1) is 10.3. The number of rotatable bonds is 7. The highest BCUT2D eigenvalue weighted by molar-refractivity contribution is 7.99. The fourth-order valence-electron chi connectivity index (χ4n) is 0.739. The minimum Gasteiger partial charge on any atom is -0.396 e. The predicted molar refractivity (Wildman–Crippen MR) is 48.6 cm³/mol. The maximum atomic E-state index is 8.46. The van der Waals surface area contributed by atoms with Gasteiger partial charge in [0.2, 0.25) is 0 Å². The van der Waals surface area contributed by atoms with E-state index in [2.05, 4.69) is 6.92 Å². The van der Waals surface area contributed by atoms with Crippen LogP contribution in [0.4, 0.5) is 0 Å². The molecule has 0 amide bonds. The van der Waals surface area contributed by atoms with Crippen LogP contribution in [0, 0.1) is 0 Å². The van der Waals surface area contributed by atoms with E-state index >= 15 is 0 Å². The number of aliphatic hydroxyl groups excluding tert-OH is 1. The van der Waals surface area contributed by atoms with Crippen molar-refractivity contribution >= 4 is 11.8 Å². The summed E-state index contributed by atoms with van der Waals surface area (Å²) in [6, 6.07) is 0. The lowest BCUT2D eigenvalue weighted by atomic mass is 10.3. The molecule has 62 valence electrons. The summed E-state index contributed by atoms with van der Waals surface area (Å²) in [5.74, 6) is 2.56. The summed E-state index contributed by atoms with van der Waals surface area (Å²) in [5.41, 5.74) is 0. The van der Waals surface area contributed by atoms with Crippen molar-refractivity contribution in [3.63, 3.8) is 0 Å². The van der Waals surface area contributed by atoms with E-state index in [1.54, 1.807) is 0 Å². The zero-order valence-electron chi connectivity index (χ0n) is 6.81. The highest BCUT2D eigenvalue weighted by Crippen LogP contribution is 2.06. The second-order valence-electron chi connectivity index (χ2n) is 2.40. The molecule has 0 atom stereocenters. The Hall–Kier alpha value is 0.310. The summed E-state index contributed by atoms with van der Waals surface area (Å²) in [4.78, 5) is 0. The van der Waals surface area contributed by atoms with E-state index in [1.165, 1.54) is 30.8 Å². The van der Waals surface area contributed by atoms with Crippen LogP contribution in [0.2, 0.25) is 0 Å². The van der Waals surface area contributed by atoms with Crippen LogP contribution < -0.4 is 0 Å². The van der Waals surface area contributed by atoms with Gasteiger partial charge in [-0.05, 0) is 30.8 Å². The molecule has 0 aromatic carbocycles. The van der Waals surface area contributed by atoms with E-state index in [0.717, 1.165) is 6.42 Å². The first-order valence-electron chi connectivity index (χ1n) is 4.10. The van der Waals surface area contributed by atoms with Gasteiger partial charge in [-0.3, -0.25) is 0 Å². The Balaban J connectivity index is 2.65. The van der Waals surface area contributed by atoms with Crippen LogP contribution in [0.5, 0.6) is 0 Å². The van der Waals surface area contributed by atoms with Crippen molar-refractivity contribution in [3.05, 3.63) is 0 Å². The molecule has 0 aromatic rings. The van der Waals surface area contributed by atoms with Gasteiger partial charge in [0.25, 0.3) is 0 Å². The topological polar surface area (TPSA) is 20.2 Å². The van der Waals surface area contributed by atoms with E-state index in [9.17, 15) is 0 Å². The summed E-state index contributed by atoms with van der Waals surface area (Å²) in [5, 5.41) is 8.46. The molecular formula is C8H18OS. The summed E-state index contributed by atoms with van der Waals surface area (Å²) in [6.45, 7) is 2.57. The van der Waals surface area contributed by atoms with Crippen LogP contribution >= 0.6 is 11.8 Å². The van der Waals surface area contributed by atoms with E-state index in [4.69, 9.17) is 5.11 Å². The average molecular weight is 162 g/mol. The van der Waals surface area contributed by atoms with Gasteiger partial charge in [-0.15, -0.1) is 0 Å². The molecule has 0 saturated carbocycles. The van der Waals surface area contributed by atoms with Crippen molar-refractivity contribution in [3.8, 4) is 0 Å². The minimum atomic E-state index is 0.360. The predicted octanol–water partition coefficient (Wildman–Crippen LogP) is 2.29. The largest absolute Gasteiger partial charge is 0.396 e. The van der Waals surface area contributed by atoms with Gasteiger partial charge in [0.1, 0.15) is 0 Å². The molecule has 0 aromatic heterocycles. The standard InChI is InChI=1S/C8H18OS/c1-2-7-10-8-5-3-4-6-9/h9H,2-8H2,1H3. The van der Waals surface area contributed by atoms with Gasteiger partial charge in [0.05, 0.1) is 0 Å². The van der Waals surface area contributed by atoms with E-state index < -0.39 is 0 Å². The monoisotopic (exact) mass is 162 g/mol. The van der Waals surface area contributed by atoms with Gasteiger partial charge in [-0.1, -0.05) is 13.3 Å². The van der Waals surface area contributed by atoms with Gasteiger partial charge >= 0.3 is 0 Å². The molecule has 10 heavy (non-hydrogen) atoms. The molecule has 0 rings (SSSR count). The van der Waals surface area contributed by atoms with Crippen molar-refractivity contribution in [1.29, 1.82) is 0 Å². The smallest absolute Gasteiger partial charge is 0.0431 e. The first-order valence-corrected chi connectivity index (χ1v) is 5.26. The van der Waals surface area contributed by atoms with Crippen molar-refractivity contribution in [1.82, 2.24) is 0 Å². The fourth-order valence-corrected chi connectivity index (χ4v) is 1.64. The number of thioether (sulfide) groups is 1. The highest BCUT2D eigenvalue weighted by atomic mass is 32.2. The molecule has 1 N–H and O–H groups in total. The molecule has 0 fully saturated rings. The second kappa shape index (κ2) is 9.31. The Morgan fingerprint density at radius 2 is 1.90 bits per heavy atom. The second-order valence-corrected chi connectivity index (χ2v) is 3.62. The van der Waals surface area contributed by atoms with E-state index in [0.29, 0.717) is 6.61 Å². The minimum absolute atomic E-state index is 0.360. The molecule has 0 bridgehead atoms. The van der Waals surface area contributed by atoms with Crippen molar-refractivity contribution in [2.24, 2.45) is 0 Å². The SMILES string of the molecule is CCCSCCCCCO. The molecule has 0 unspecified atom stereocenters.